The number of phenols is 2. The van der Waals surface area contributed by atoms with Crippen LogP contribution in [-0.4, -0.2) is 16.0 Å². The van der Waals surface area contributed by atoms with Crippen LogP contribution >= 0.6 is 0 Å². The van der Waals surface area contributed by atoms with Gasteiger partial charge in [0, 0.05) is 17.1 Å². The molecule has 0 unspecified atom stereocenters. The highest BCUT2D eigenvalue weighted by Gasteiger charge is 2.36. The number of ketones is 1. The summed E-state index contributed by atoms with van der Waals surface area (Å²) >= 11 is 0. The second kappa shape index (κ2) is 4.74. The number of rotatable bonds is 1. The van der Waals surface area contributed by atoms with Crippen molar-refractivity contribution in [3.63, 3.8) is 0 Å². The molecule has 3 rings (SSSR count). The van der Waals surface area contributed by atoms with Crippen molar-refractivity contribution < 1.29 is 19.4 Å². The minimum atomic E-state index is -0.497. The summed E-state index contributed by atoms with van der Waals surface area (Å²) in [4.78, 5) is 12.4. The molecule has 0 saturated carbocycles. The molecule has 0 spiro atoms. The molecule has 0 aliphatic heterocycles. The Morgan fingerprint density at radius 1 is 1.19 bits per heavy atom. The van der Waals surface area contributed by atoms with E-state index >= 15 is 0 Å². The average molecular weight is 284 g/mol. The lowest BCUT2D eigenvalue weighted by atomic mass is 9.97. The van der Waals surface area contributed by atoms with Crippen molar-refractivity contribution >= 4 is 11.9 Å². The van der Waals surface area contributed by atoms with Crippen LogP contribution in [-0.2, 0) is 0 Å². The highest BCUT2D eigenvalue weighted by atomic mass is 19.1. The van der Waals surface area contributed by atoms with Gasteiger partial charge in [-0.05, 0) is 35.9 Å². The minimum Gasteiger partial charge on any atom is -0.508 e. The van der Waals surface area contributed by atoms with Crippen molar-refractivity contribution in [2.75, 3.05) is 0 Å². The van der Waals surface area contributed by atoms with Gasteiger partial charge in [0.15, 0.2) is 5.78 Å². The Morgan fingerprint density at radius 3 is 2.62 bits per heavy atom. The van der Waals surface area contributed by atoms with Crippen LogP contribution in [0, 0.1) is 5.82 Å². The maximum atomic E-state index is 13.9. The topological polar surface area (TPSA) is 57.5 Å². The highest BCUT2D eigenvalue weighted by Crippen LogP contribution is 2.43. The summed E-state index contributed by atoms with van der Waals surface area (Å²) in [6.07, 6.45) is 1.62. The number of phenolic OH excluding ortho intramolecular Hbond substituents is 2. The quantitative estimate of drug-likeness (QED) is 0.786. The van der Waals surface area contributed by atoms with E-state index < -0.39 is 11.7 Å². The predicted molar refractivity (Wildman–Crippen MR) is 76.9 cm³/mol. The van der Waals surface area contributed by atoms with Gasteiger partial charge in [-0.1, -0.05) is 19.1 Å². The Bertz CT molecular complexity index is 778. The number of hydrogen-bond donors (Lipinski definition) is 2. The molecule has 2 aromatic rings. The van der Waals surface area contributed by atoms with E-state index in [0.717, 1.165) is 6.07 Å². The van der Waals surface area contributed by atoms with Crippen molar-refractivity contribution in [3.8, 4) is 11.5 Å². The van der Waals surface area contributed by atoms with Gasteiger partial charge in [-0.15, -0.1) is 0 Å². The van der Waals surface area contributed by atoms with Gasteiger partial charge < -0.3 is 10.2 Å². The lowest BCUT2D eigenvalue weighted by molar-refractivity contribution is 0.103. The zero-order chi connectivity index (χ0) is 15.1. The van der Waals surface area contributed by atoms with E-state index in [2.05, 4.69) is 0 Å². The summed E-state index contributed by atoms with van der Waals surface area (Å²) < 4.78 is 13.9. The fraction of sp³-hybridized carbons (Fsp3) is 0.118. The third-order valence-electron chi connectivity index (χ3n) is 3.75. The van der Waals surface area contributed by atoms with Gasteiger partial charge in [-0.2, -0.15) is 0 Å². The molecule has 0 heterocycles. The molecule has 0 radical (unpaired) electrons. The van der Waals surface area contributed by atoms with Gasteiger partial charge in [0.25, 0.3) is 0 Å². The summed E-state index contributed by atoms with van der Waals surface area (Å²) in [5.74, 6) is -1.43. The van der Waals surface area contributed by atoms with Crippen LogP contribution in [0.5, 0.6) is 11.5 Å². The van der Waals surface area contributed by atoms with Crippen molar-refractivity contribution in [2.45, 2.75) is 12.8 Å². The molecule has 2 N–H and O–H groups in total. The molecule has 106 valence electrons. The number of allylic oxidation sites excluding steroid dienone is 1. The molecular formula is C17H13FO3. The number of benzene rings is 2. The zero-order valence-corrected chi connectivity index (χ0v) is 11.3. The lowest BCUT2D eigenvalue weighted by Crippen LogP contribution is -1.97. The van der Waals surface area contributed by atoms with E-state index in [-0.39, 0.29) is 28.4 Å². The van der Waals surface area contributed by atoms with Crippen LogP contribution in [0.3, 0.4) is 0 Å². The van der Waals surface area contributed by atoms with Crippen LogP contribution in [0.2, 0.25) is 0 Å². The fourth-order valence-corrected chi connectivity index (χ4v) is 2.73. The van der Waals surface area contributed by atoms with Crippen LogP contribution < -0.4 is 0 Å². The van der Waals surface area contributed by atoms with E-state index in [4.69, 9.17) is 0 Å². The Labute approximate surface area is 121 Å². The Kier molecular flexibility index (Phi) is 3.01. The first-order valence-corrected chi connectivity index (χ1v) is 6.55. The number of aromatic hydroxyl groups is 2. The van der Waals surface area contributed by atoms with Crippen molar-refractivity contribution in [1.82, 2.24) is 0 Å². The van der Waals surface area contributed by atoms with Gasteiger partial charge in [-0.3, -0.25) is 4.79 Å². The summed E-state index contributed by atoms with van der Waals surface area (Å²) in [6.45, 7) is 1.72. The largest absolute Gasteiger partial charge is 0.508 e. The first kappa shape index (κ1) is 13.4. The number of Topliss-reactive ketones (excluding diaryl/α,β-unsaturated/α-hetero) is 1. The van der Waals surface area contributed by atoms with Gasteiger partial charge in [0.1, 0.15) is 17.3 Å². The van der Waals surface area contributed by atoms with Gasteiger partial charge in [-0.25, -0.2) is 4.39 Å². The number of fused-ring (bicyclic) bond motifs is 1. The molecule has 4 heteroatoms. The predicted octanol–water partition coefficient (Wildman–Crippen LogP) is 3.62. The van der Waals surface area contributed by atoms with Crippen LogP contribution in [0.15, 0.2) is 42.0 Å². The third-order valence-corrected chi connectivity index (χ3v) is 3.75. The highest BCUT2D eigenvalue weighted by molar-refractivity contribution is 6.18. The van der Waals surface area contributed by atoms with Crippen LogP contribution in [0.25, 0.3) is 6.08 Å². The van der Waals surface area contributed by atoms with Crippen LogP contribution in [0.1, 0.15) is 34.3 Å². The SMILES string of the molecule is C[C@H]1/C(=C\c2cccc(O)c2)C(=O)c2c(O)ccc(F)c21. The molecule has 1 aliphatic rings. The maximum absolute atomic E-state index is 13.9. The minimum absolute atomic E-state index is 0.0360. The van der Waals surface area contributed by atoms with Gasteiger partial charge >= 0.3 is 0 Å². The molecule has 3 nitrogen and oxygen atoms in total. The molecule has 2 aromatic carbocycles. The second-order valence-electron chi connectivity index (χ2n) is 5.10. The molecule has 1 atom stereocenters. The Hall–Kier alpha value is -2.62. The first-order valence-electron chi connectivity index (χ1n) is 6.55. The summed E-state index contributed by atoms with van der Waals surface area (Å²) in [7, 11) is 0. The molecule has 0 amide bonds. The normalized spacial score (nSPS) is 19.0. The van der Waals surface area contributed by atoms with E-state index in [1.165, 1.54) is 18.2 Å². The molecule has 0 saturated heterocycles. The molecule has 1 aliphatic carbocycles. The number of carbonyl (C=O) groups is 1. The van der Waals surface area contributed by atoms with E-state index in [0.29, 0.717) is 11.1 Å². The molecule has 0 aromatic heterocycles. The monoisotopic (exact) mass is 284 g/mol. The fourth-order valence-electron chi connectivity index (χ4n) is 2.73. The van der Waals surface area contributed by atoms with Crippen molar-refractivity contribution in [1.29, 1.82) is 0 Å². The third kappa shape index (κ3) is 2.09. The van der Waals surface area contributed by atoms with E-state index in [1.807, 2.05) is 0 Å². The maximum Gasteiger partial charge on any atom is 0.193 e. The second-order valence-corrected chi connectivity index (χ2v) is 5.10. The Balaban J connectivity index is 2.14. The molecule has 21 heavy (non-hydrogen) atoms. The molecule has 0 fully saturated rings. The lowest BCUT2D eigenvalue weighted by Gasteiger charge is -2.07. The summed E-state index contributed by atoms with van der Waals surface area (Å²) in [6, 6.07) is 8.81. The van der Waals surface area contributed by atoms with Gasteiger partial charge in [0.2, 0.25) is 0 Å². The standard InChI is InChI=1S/C17H13FO3/c1-9-12(8-10-3-2-4-11(19)7-10)17(21)16-14(20)6-5-13(18)15(9)16/h2-9,19-20H,1H3/b12-8+/t9-/m0/s1. The van der Waals surface area contributed by atoms with Crippen molar-refractivity contribution in [2.24, 2.45) is 0 Å². The first-order chi connectivity index (χ1) is 9.99. The van der Waals surface area contributed by atoms with Gasteiger partial charge in [0.05, 0.1) is 5.56 Å². The molecular weight excluding hydrogens is 271 g/mol. The van der Waals surface area contributed by atoms with E-state index in [9.17, 15) is 19.4 Å². The smallest absolute Gasteiger partial charge is 0.193 e. The number of carbonyl (C=O) groups excluding carboxylic acids is 1. The summed E-state index contributed by atoms with van der Waals surface area (Å²) in [5.41, 5.74) is 1.31. The average Bonchev–Trinajstić information content (AvgIpc) is 2.69. The molecule has 0 bridgehead atoms. The number of halogens is 1. The van der Waals surface area contributed by atoms with E-state index in [1.54, 1.807) is 25.1 Å². The van der Waals surface area contributed by atoms with Crippen molar-refractivity contribution in [3.05, 3.63) is 64.5 Å². The number of hydrogen-bond acceptors (Lipinski definition) is 3. The van der Waals surface area contributed by atoms with Crippen LogP contribution in [0.4, 0.5) is 4.39 Å². The summed E-state index contributed by atoms with van der Waals surface area (Å²) in [5, 5.41) is 19.3. The zero-order valence-electron chi connectivity index (χ0n) is 11.3. The Morgan fingerprint density at radius 2 is 1.95 bits per heavy atom.